The van der Waals surface area contributed by atoms with E-state index in [2.05, 4.69) is 16.4 Å². The van der Waals surface area contributed by atoms with Crippen molar-refractivity contribution in [3.8, 4) is 0 Å². The van der Waals surface area contributed by atoms with Gasteiger partial charge in [-0.25, -0.2) is 4.98 Å². The number of aromatic nitrogens is 2. The molecule has 0 spiro atoms. The molecular weight excluding hydrogens is 234 g/mol. The molecular formula is C13H16ClN3. The third kappa shape index (κ3) is 2.51. The quantitative estimate of drug-likeness (QED) is 0.907. The Morgan fingerprint density at radius 2 is 2.12 bits per heavy atom. The molecule has 1 aromatic carbocycles. The Labute approximate surface area is 106 Å². The molecule has 2 aromatic rings. The Morgan fingerprint density at radius 1 is 1.35 bits per heavy atom. The van der Waals surface area contributed by atoms with Crippen molar-refractivity contribution in [2.45, 2.75) is 13.0 Å². The van der Waals surface area contributed by atoms with E-state index in [9.17, 15) is 0 Å². The van der Waals surface area contributed by atoms with Gasteiger partial charge in [0, 0.05) is 24.5 Å². The SMILES string of the molecule is CNC(c1cc(C)cc(Cl)c1)c1nccn1C. The summed E-state index contributed by atoms with van der Waals surface area (Å²) in [5.41, 5.74) is 2.29. The average Bonchev–Trinajstić information content (AvgIpc) is 2.65. The lowest BCUT2D eigenvalue weighted by atomic mass is 10.0. The molecule has 3 nitrogen and oxygen atoms in total. The number of halogens is 1. The van der Waals surface area contributed by atoms with Crippen LogP contribution in [0.25, 0.3) is 0 Å². The van der Waals surface area contributed by atoms with Crippen molar-refractivity contribution in [3.63, 3.8) is 0 Å². The fraction of sp³-hybridized carbons (Fsp3) is 0.308. The van der Waals surface area contributed by atoms with Crippen LogP contribution in [0, 0.1) is 6.92 Å². The number of hydrogen-bond donors (Lipinski definition) is 1. The fourth-order valence-corrected chi connectivity index (χ4v) is 2.33. The minimum absolute atomic E-state index is 0.0624. The third-order valence-electron chi connectivity index (χ3n) is 2.80. The predicted molar refractivity (Wildman–Crippen MR) is 70.3 cm³/mol. The van der Waals surface area contributed by atoms with E-state index in [-0.39, 0.29) is 6.04 Å². The van der Waals surface area contributed by atoms with Gasteiger partial charge in [0.25, 0.3) is 0 Å². The van der Waals surface area contributed by atoms with Gasteiger partial charge in [-0.05, 0) is 37.2 Å². The minimum atomic E-state index is 0.0624. The maximum absolute atomic E-state index is 6.10. The zero-order valence-electron chi connectivity index (χ0n) is 10.2. The van der Waals surface area contributed by atoms with Gasteiger partial charge in [-0.3, -0.25) is 0 Å². The van der Waals surface area contributed by atoms with E-state index in [1.165, 1.54) is 0 Å². The lowest BCUT2D eigenvalue weighted by molar-refractivity contribution is 0.617. The molecule has 0 fully saturated rings. The highest BCUT2D eigenvalue weighted by Gasteiger charge is 2.16. The van der Waals surface area contributed by atoms with Crippen LogP contribution in [0.5, 0.6) is 0 Å². The number of aryl methyl sites for hydroxylation is 2. The second kappa shape index (κ2) is 4.90. The summed E-state index contributed by atoms with van der Waals surface area (Å²) in [6.45, 7) is 2.04. The van der Waals surface area contributed by atoms with Crippen LogP contribution in [-0.2, 0) is 7.05 Å². The van der Waals surface area contributed by atoms with Crippen molar-refractivity contribution in [2.24, 2.45) is 7.05 Å². The van der Waals surface area contributed by atoms with Crippen molar-refractivity contribution < 1.29 is 0 Å². The summed E-state index contributed by atoms with van der Waals surface area (Å²) in [7, 11) is 3.92. The van der Waals surface area contributed by atoms with Crippen molar-refractivity contribution in [1.82, 2.24) is 14.9 Å². The molecule has 90 valence electrons. The van der Waals surface area contributed by atoms with Crippen molar-refractivity contribution in [3.05, 3.63) is 52.6 Å². The fourth-order valence-electron chi connectivity index (χ4n) is 2.03. The molecule has 0 saturated carbocycles. The smallest absolute Gasteiger partial charge is 0.130 e. The first kappa shape index (κ1) is 12.1. The molecule has 0 aliphatic heterocycles. The summed E-state index contributed by atoms with van der Waals surface area (Å²) in [5, 5.41) is 4.03. The highest BCUT2D eigenvalue weighted by molar-refractivity contribution is 6.30. The predicted octanol–water partition coefficient (Wildman–Crippen LogP) is 2.69. The monoisotopic (exact) mass is 249 g/mol. The van der Waals surface area contributed by atoms with Gasteiger partial charge in [0.05, 0.1) is 6.04 Å². The molecule has 1 N–H and O–H groups in total. The Morgan fingerprint density at radius 3 is 2.65 bits per heavy atom. The normalized spacial score (nSPS) is 12.7. The first-order chi connectivity index (χ1) is 8.11. The van der Waals surface area contributed by atoms with E-state index in [1.807, 2.05) is 43.9 Å². The van der Waals surface area contributed by atoms with Crippen molar-refractivity contribution >= 4 is 11.6 Å². The first-order valence-corrected chi connectivity index (χ1v) is 5.91. The molecule has 0 aliphatic carbocycles. The number of nitrogens with zero attached hydrogens (tertiary/aromatic N) is 2. The Balaban J connectivity index is 2.45. The standard InChI is InChI=1S/C13H16ClN3/c1-9-6-10(8-11(14)7-9)12(15-2)13-16-4-5-17(13)3/h4-8,12,15H,1-3H3. The van der Waals surface area contributed by atoms with Crippen LogP contribution >= 0.6 is 11.6 Å². The Kier molecular flexibility index (Phi) is 3.50. The highest BCUT2D eigenvalue weighted by atomic mass is 35.5. The molecule has 0 aliphatic rings. The molecule has 1 aromatic heterocycles. The molecule has 1 atom stereocenters. The second-order valence-corrected chi connectivity index (χ2v) is 4.62. The molecule has 2 rings (SSSR count). The summed E-state index contributed by atoms with van der Waals surface area (Å²) in [6, 6.07) is 6.12. The molecule has 17 heavy (non-hydrogen) atoms. The number of nitrogens with one attached hydrogen (secondary N) is 1. The number of imidazole rings is 1. The summed E-state index contributed by atoms with van der Waals surface area (Å²) in [6.07, 6.45) is 3.74. The summed E-state index contributed by atoms with van der Waals surface area (Å²) >= 11 is 6.10. The van der Waals surface area contributed by atoms with E-state index in [1.54, 1.807) is 6.20 Å². The molecule has 0 amide bonds. The van der Waals surface area contributed by atoms with Crippen LogP contribution < -0.4 is 5.32 Å². The van der Waals surface area contributed by atoms with E-state index >= 15 is 0 Å². The number of benzene rings is 1. The Hall–Kier alpha value is -1.32. The van der Waals surface area contributed by atoms with Gasteiger partial charge in [-0.2, -0.15) is 0 Å². The van der Waals surface area contributed by atoms with Gasteiger partial charge in [-0.15, -0.1) is 0 Å². The van der Waals surface area contributed by atoms with Gasteiger partial charge < -0.3 is 9.88 Å². The van der Waals surface area contributed by atoms with Crippen LogP contribution in [0.3, 0.4) is 0 Å². The highest BCUT2D eigenvalue weighted by Crippen LogP contribution is 2.24. The van der Waals surface area contributed by atoms with Gasteiger partial charge in [0.15, 0.2) is 0 Å². The van der Waals surface area contributed by atoms with E-state index in [4.69, 9.17) is 11.6 Å². The van der Waals surface area contributed by atoms with Crippen LogP contribution in [0.4, 0.5) is 0 Å². The van der Waals surface area contributed by atoms with Gasteiger partial charge >= 0.3 is 0 Å². The molecule has 0 bridgehead atoms. The number of rotatable bonds is 3. The summed E-state index contributed by atoms with van der Waals surface area (Å²) in [4.78, 5) is 4.38. The maximum atomic E-state index is 6.10. The lowest BCUT2D eigenvalue weighted by Gasteiger charge is -2.17. The van der Waals surface area contributed by atoms with Gasteiger partial charge in [0.2, 0.25) is 0 Å². The van der Waals surface area contributed by atoms with Crippen molar-refractivity contribution in [1.29, 1.82) is 0 Å². The average molecular weight is 250 g/mol. The molecule has 4 heteroatoms. The molecule has 1 unspecified atom stereocenters. The van der Waals surface area contributed by atoms with Crippen LogP contribution in [-0.4, -0.2) is 16.6 Å². The van der Waals surface area contributed by atoms with Crippen LogP contribution in [0.1, 0.15) is 23.0 Å². The van der Waals surface area contributed by atoms with Crippen LogP contribution in [0.15, 0.2) is 30.6 Å². The van der Waals surface area contributed by atoms with E-state index < -0.39 is 0 Å². The van der Waals surface area contributed by atoms with Crippen molar-refractivity contribution in [2.75, 3.05) is 7.05 Å². The second-order valence-electron chi connectivity index (χ2n) is 4.18. The summed E-state index contributed by atoms with van der Waals surface area (Å²) in [5.74, 6) is 0.981. The zero-order chi connectivity index (χ0) is 12.4. The molecule has 0 saturated heterocycles. The lowest BCUT2D eigenvalue weighted by Crippen LogP contribution is -2.21. The van der Waals surface area contributed by atoms with Gasteiger partial charge in [-0.1, -0.05) is 17.7 Å². The minimum Gasteiger partial charge on any atom is -0.336 e. The molecule has 1 heterocycles. The topological polar surface area (TPSA) is 29.9 Å². The zero-order valence-corrected chi connectivity index (χ0v) is 11.0. The van der Waals surface area contributed by atoms with Gasteiger partial charge in [0.1, 0.15) is 5.82 Å². The maximum Gasteiger partial charge on any atom is 0.130 e. The largest absolute Gasteiger partial charge is 0.336 e. The summed E-state index contributed by atoms with van der Waals surface area (Å²) < 4.78 is 2.01. The number of hydrogen-bond acceptors (Lipinski definition) is 2. The van der Waals surface area contributed by atoms with Crippen LogP contribution in [0.2, 0.25) is 5.02 Å². The van der Waals surface area contributed by atoms with E-state index in [0.29, 0.717) is 0 Å². The first-order valence-electron chi connectivity index (χ1n) is 5.53. The third-order valence-corrected chi connectivity index (χ3v) is 3.02. The van der Waals surface area contributed by atoms with E-state index in [0.717, 1.165) is 22.0 Å². The molecule has 0 radical (unpaired) electrons. The Bertz CT molecular complexity index is 499.